The Kier molecular flexibility index (Phi) is 5.64. The fourth-order valence-electron chi connectivity index (χ4n) is 4.20. The Labute approximate surface area is 176 Å². The summed E-state index contributed by atoms with van der Waals surface area (Å²) in [7, 11) is 0. The Bertz CT molecular complexity index is 1090. The molecule has 1 aliphatic rings. The molecule has 2 heterocycles. The number of hydrogen-bond donors (Lipinski definition) is 1. The first-order chi connectivity index (χ1) is 14.5. The molecule has 0 aliphatic carbocycles. The Morgan fingerprint density at radius 3 is 2.53 bits per heavy atom. The molecule has 0 amide bonds. The lowest BCUT2D eigenvalue weighted by Crippen LogP contribution is -3.10. The van der Waals surface area contributed by atoms with Crippen LogP contribution in [-0.4, -0.2) is 18.9 Å². The van der Waals surface area contributed by atoms with Crippen LogP contribution in [0.4, 0.5) is 0 Å². The number of aryl methyl sites for hydroxylation is 1. The zero-order valence-corrected chi connectivity index (χ0v) is 17.7. The molecule has 5 heteroatoms. The summed E-state index contributed by atoms with van der Waals surface area (Å²) in [5, 5.41) is 13.8. The van der Waals surface area contributed by atoms with Gasteiger partial charge in [-0.15, -0.1) is 0 Å². The number of allylic oxidation sites excluding steroid dienone is 1. The van der Waals surface area contributed by atoms with Crippen LogP contribution in [0.25, 0.3) is 17.0 Å². The quantitative estimate of drug-likeness (QED) is 0.610. The lowest BCUT2D eigenvalue weighted by molar-refractivity contribution is -0.914. The van der Waals surface area contributed by atoms with E-state index in [1.54, 1.807) is 19.1 Å². The van der Waals surface area contributed by atoms with Crippen molar-refractivity contribution in [2.24, 2.45) is 0 Å². The predicted octanol–water partition coefficient (Wildman–Crippen LogP) is 3.64. The van der Waals surface area contributed by atoms with Gasteiger partial charge < -0.3 is 19.2 Å². The Balaban J connectivity index is 1.71. The molecule has 5 nitrogen and oxygen atoms in total. The highest BCUT2D eigenvalue weighted by Gasteiger charge is 2.33. The number of ketones is 1. The van der Waals surface area contributed by atoms with E-state index in [4.69, 9.17) is 9.15 Å². The summed E-state index contributed by atoms with van der Waals surface area (Å²) < 4.78 is 11.8. The van der Waals surface area contributed by atoms with Crippen LogP contribution in [0.1, 0.15) is 53.9 Å². The molecule has 30 heavy (non-hydrogen) atoms. The standard InChI is InChI=1S/C25H27NO4/c1-4-10-26(11-5-2)15-19-20(27)12-16(3)23-24(28)22(30-25(19)23)14-18-13-17-8-6-7-9-21(17)29-18/h6-9,12-14,27H,4-5,10-11,15H2,1-3H3/b22-14-. The minimum Gasteiger partial charge on any atom is -0.872 e. The van der Waals surface area contributed by atoms with Gasteiger partial charge in [0, 0.05) is 17.0 Å². The van der Waals surface area contributed by atoms with Crippen LogP contribution in [-0.2, 0) is 6.54 Å². The van der Waals surface area contributed by atoms with Gasteiger partial charge in [-0.3, -0.25) is 4.79 Å². The molecule has 0 spiro atoms. The van der Waals surface area contributed by atoms with Crippen LogP contribution >= 0.6 is 0 Å². The number of rotatable bonds is 7. The summed E-state index contributed by atoms with van der Waals surface area (Å²) >= 11 is 0. The number of quaternary nitrogens is 1. The fraction of sp³-hybridized carbons (Fsp3) is 0.320. The summed E-state index contributed by atoms with van der Waals surface area (Å²) in [5.74, 6) is 0.923. The van der Waals surface area contributed by atoms with Gasteiger partial charge in [0.25, 0.3) is 0 Å². The lowest BCUT2D eigenvalue weighted by atomic mass is 9.99. The molecule has 0 unspecified atom stereocenters. The second-order valence-electron chi connectivity index (χ2n) is 7.93. The van der Waals surface area contributed by atoms with Crippen molar-refractivity contribution < 1.29 is 24.0 Å². The van der Waals surface area contributed by atoms with Gasteiger partial charge in [-0.2, -0.15) is 0 Å². The smallest absolute Gasteiger partial charge is 0.232 e. The molecule has 0 fully saturated rings. The van der Waals surface area contributed by atoms with Gasteiger partial charge in [-0.25, -0.2) is 0 Å². The molecular formula is C25H27NO4. The number of nitrogens with one attached hydrogen (secondary N) is 1. The third kappa shape index (κ3) is 3.73. The molecule has 3 aromatic rings. The number of fused-ring (bicyclic) bond motifs is 2. The number of para-hydroxylation sites is 1. The molecule has 156 valence electrons. The molecule has 2 aromatic carbocycles. The van der Waals surface area contributed by atoms with E-state index in [0.717, 1.165) is 36.9 Å². The second-order valence-corrected chi connectivity index (χ2v) is 7.93. The van der Waals surface area contributed by atoms with Crippen molar-refractivity contribution in [3.8, 4) is 11.5 Å². The third-order valence-corrected chi connectivity index (χ3v) is 5.56. The minimum atomic E-state index is -0.197. The molecule has 1 aliphatic heterocycles. The molecule has 0 radical (unpaired) electrons. The highest BCUT2D eigenvalue weighted by Crippen LogP contribution is 2.40. The van der Waals surface area contributed by atoms with E-state index in [9.17, 15) is 9.90 Å². The SMILES string of the molecule is CCC[NH+](CCC)Cc1c([O-])cc(C)c2c1O/C(=C\c1cc3ccccc3o1)C2=O. The van der Waals surface area contributed by atoms with Gasteiger partial charge in [0.05, 0.1) is 18.7 Å². The van der Waals surface area contributed by atoms with E-state index >= 15 is 0 Å². The van der Waals surface area contributed by atoms with Crippen molar-refractivity contribution in [1.82, 2.24) is 0 Å². The first kappa shape index (κ1) is 20.2. The summed E-state index contributed by atoms with van der Waals surface area (Å²) in [5.41, 5.74) is 2.50. The highest BCUT2D eigenvalue weighted by atomic mass is 16.5. The molecular weight excluding hydrogens is 378 g/mol. The number of ether oxygens (including phenoxy) is 1. The molecule has 0 saturated heterocycles. The molecule has 0 atom stereocenters. The normalized spacial score (nSPS) is 14.7. The largest absolute Gasteiger partial charge is 0.872 e. The summed E-state index contributed by atoms with van der Waals surface area (Å²) in [6.07, 6.45) is 3.70. The average molecular weight is 405 g/mol. The first-order valence-electron chi connectivity index (χ1n) is 10.6. The average Bonchev–Trinajstić information content (AvgIpc) is 3.26. The summed E-state index contributed by atoms with van der Waals surface area (Å²) in [6.45, 7) is 8.59. The van der Waals surface area contributed by atoms with Crippen molar-refractivity contribution in [2.45, 2.75) is 40.2 Å². The Morgan fingerprint density at radius 1 is 1.10 bits per heavy atom. The topological polar surface area (TPSA) is 66.9 Å². The number of furan rings is 1. The van der Waals surface area contributed by atoms with Crippen LogP contribution in [0.3, 0.4) is 0 Å². The van der Waals surface area contributed by atoms with Crippen LogP contribution < -0.4 is 14.7 Å². The van der Waals surface area contributed by atoms with Crippen molar-refractivity contribution >= 4 is 22.8 Å². The van der Waals surface area contributed by atoms with Crippen molar-refractivity contribution in [1.29, 1.82) is 0 Å². The monoisotopic (exact) mass is 405 g/mol. The zero-order valence-electron chi connectivity index (χ0n) is 17.7. The van der Waals surface area contributed by atoms with Gasteiger partial charge in [0.15, 0.2) is 5.76 Å². The summed E-state index contributed by atoms with van der Waals surface area (Å²) in [6, 6.07) is 11.1. The molecule has 0 bridgehead atoms. The molecule has 1 N–H and O–H groups in total. The van der Waals surface area contributed by atoms with Crippen molar-refractivity contribution in [2.75, 3.05) is 13.1 Å². The van der Waals surface area contributed by atoms with E-state index in [1.807, 2.05) is 30.3 Å². The van der Waals surface area contributed by atoms with Crippen molar-refractivity contribution in [3.05, 3.63) is 64.6 Å². The van der Waals surface area contributed by atoms with Crippen LogP contribution in [0, 0.1) is 6.92 Å². The minimum absolute atomic E-state index is 0.0613. The maximum Gasteiger partial charge on any atom is 0.232 e. The maximum absolute atomic E-state index is 13.1. The van der Waals surface area contributed by atoms with E-state index in [-0.39, 0.29) is 17.3 Å². The lowest BCUT2D eigenvalue weighted by Gasteiger charge is -2.23. The van der Waals surface area contributed by atoms with Crippen LogP contribution in [0.5, 0.6) is 11.5 Å². The third-order valence-electron chi connectivity index (χ3n) is 5.56. The summed E-state index contributed by atoms with van der Waals surface area (Å²) in [4.78, 5) is 14.4. The molecule has 0 saturated carbocycles. The number of carbonyl (C=O) groups excluding carboxylic acids is 1. The number of Topliss-reactive ketones (excluding diaryl/α,β-unsaturated/α-hetero) is 1. The first-order valence-corrected chi connectivity index (χ1v) is 10.6. The van der Waals surface area contributed by atoms with E-state index in [2.05, 4.69) is 13.8 Å². The predicted molar refractivity (Wildman–Crippen MR) is 115 cm³/mol. The van der Waals surface area contributed by atoms with E-state index < -0.39 is 0 Å². The maximum atomic E-state index is 13.1. The van der Waals surface area contributed by atoms with Gasteiger partial charge >= 0.3 is 0 Å². The van der Waals surface area contributed by atoms with Crippen molar-refractivity contribution in [3.63, 3.8) is 0 Å². The van der Waals surface area contributed by atoms with E-state index in [0.29, 0.717) is 34.7 Å². The molecule has 1 aromatic heterocycles. The molecule has 4 rings (SSSR count). The Morgan fingerprint density at radius 2 is 1.83 bits per heavy atom. The van der Waals surface area contributed by atoms with Crippen LogP contribution in [0.15, 0.2) is 46.6 Å². The zero-order chi connectivity index (χ0) is 21.3. The van der Waals surface area contributed by atoms with Gasteiger partial charge in [-0.1, -0.05) is 43.9 Å². The number of carbonyl (C=O) groups is 1. The van der Waals surface area contributed by atoms with Gasteiger partial charge in [0.1, 0.15) is 23.6 Å². The Hall–Kier alpha value is -3.05. The van der Waals surface area contributed by atoms with Gasteiger partial charge in [0.2, 0.25) is 5.78 Å². The highest BCUT2D eigenvalue weighted by molar-refractivity contribution is 6.15. The van der Waals surface area contributed by atoms with Crippen LogP contribution in [0.2, 0.25) is 0 Å². The second kappa shape index (κ2) is 8.36. The van der Waals surface area contributed by atoms with E-state index in [1.165, 1.54) is 4.90 Å². The van der Waals surface area contributed by atoms with Gasteiger partial charge in [-0.05, 0) is 37.5 Å². The number of hydrogen-bond acceptors (Lipinski definition) is 4. The number of benzene rings is 2. The fourth-order valence-corrected chi connectivity index (χ4v) is 4.20.